The van der Waals surface area contributed by atoms with Crippen molar-refractivity contribution in [3.05, 3.63) is 28.8 Å². The average molecular weight is 255 g/mol. The lowest BCUT2D eigenvalue weighted by Gasteiger charge is -2.23. The van der Waals surface area contributed by atoms with E-state index in [0.717, 1.165) is 0 Å². The average Bonchev–Trinajstić information content (AvgIpc) is 2.28. The van der Waals surface area contributed by atoms with Gasteiger partial charge in [-0.25, -0.2) is 0 Å². The topological polar surface area (TPSA) is 52.6 Å². The van der Waals surface area contributed by atoms with Crippen LogP contribution in [0, 0.1) is 0 Å². The summed E-state index contributed by atoms with van der Waals surface area (Å²) in [5.74, 6) is -1.27. The van der Waals surface area contributed by atoms with E-state index < -0.39 is 11.9 Å². The molecule has 0 spiro atoms. The molecular weight excluding hydrogens is 244 g/mol. The smallest absolute Gasteiger partial charge is 0.321 e. The minimum absolute atomic E-state index is 0.113. The highest BCUT2D eigenvalue weighted by molar-refractivity contribution is 6.30. The molecule has 0 bridgehead atoms. The second-order valence-electron chi connectivity index (χ2n) is 3.62. The van der Waals surface area contributed by atoms with Gasteiger partial charge in [0.25, 0.3) is 0 Å². The Morgan fingerprint density at radius 2 is 2.35 bits per heavy atom. The van der Waals surface area contributed by atoms with Crippen molar-refractivity contribution in [1.82, 2.24) is 0 Å². The summed E-state index contributed by atoms with van der Waals surface area (Å²) in [4.78, 5) is 23.5. The van der Waals surface area contributed by atoms with E-state index >= 15 is 0 Å². The quantitative estimate of drug-likeness (QED) is 0.598. The third-order valence-electron chi connectivity index (χ3n) is 2.50. The summed E-state index contributed by atoms with van der Waals surface area (Å²) >= 11 is 5.85. The minimum Gasteiger partial charge on any atom is -0.485 e. The van der Waals surface area contributed by atoms with Crippen LogP contribution in [0.1, 0.15) is 18.4 Å². The highest BCUT2D eigenvalue weighted by atomic mass is 35.5. The van der Waals surface area contributed by atoms with E-state index in [2.05, 4.69) is 0 Å². The van der Waals surface area contributed by atoms with Gasteiger partial charge in [0.15, 0.2) is 5.78 Å². The molecule has 0 fully saturated rings. The number of esters is 1. The summed E-state index contributed by atoms with van der Waals surface area (Å²) in [5.41, 5.74) is 0.479. The molecule has 0 N–H and O–H groups in total. The zero-order chi connectivity index (χ0) is 12.4. The number of halogens is 1. The summed E-state index contributed by atoms with van der Waals surface area (Å²) in [5, 5.41) is 0.455. The Bertz CT molecular complexity index is 470. The standard InChI is InChI=1S/C12H11ClO4/c1-2-16-12(15)11-8-5-7(13)3-4-10(8)17-6-9(11)14/h3-5,11H,2,6H2,1H3. The van der Waals surface area contributed by atoms with Gasteiger partial charge in [0.1, 0.15) is 18.3 Å². The van der Waals surface area contributed by atoms with Gasteiger partial charge in [0.05, 0.1) is 6.61 Å². The molecule has 17 heavy (non-hydrogen) atoms. The third kappa shape index (κ3) is 2.26. The Morgan fingerprint density at radius 3 is 3.06 bits per heavy atom. The molecule has 1 aromatic rings. The normalized spacial score (nSPS) is 18.2. The monoisotopic (exact) mass is 254 g/mol. The summed E-state index contributed by atoms with van der Waals surface area (Å²) in [6.07, 6.45) is 0. The molecule has 0 radical (unpaired) electrons. The van der Waals surface area contributed by atoms with Gasteiger partial charge >= 0.3 is 5.97 Å². The van der Waals surface area contributed by atoms with Crippen LogP contribution in [0.3, 0.4) is 0 Å². The van der Waals surface area contributed by atoms with Crippen molar-refractivity contribution in [2.24, 2.45) is 0 Å². The van der Waals surface area contributed by atoms with E-state index in [1.54, 1.807) is 25.1 Å². The van der Waals surface area contributed by atoms with Crippen LogP contribution in [0.15, 0.2) is 18.2 Å². The molecule has 5 heteroatoms. The van der Waals surface area contributed by atoms with E-state index in [0.29, 0.717) is 16.3 Å². The van der Waals surface area contributed by atoms with E-state index in [4.69, 9.17) is 21.1 Å². The van der Waals surface area contributed by atoms with Crippen LogP contribution in [0.2, 0.25) is 5.02 Å². The highest BCUT2D eigenvalue weighted by Gasteiger charge is 2.36. The Morgan fingerprint density at radius 1 is 1.59 bits per heavy atom. The predicted octanol–water partition coefficient (Wildman–Crippen LogP) is 1.95. The Hall–Kier alpha value is -1.55. The number of ether oxygens (including phenoxy) is 2. The maximum atomic E-state index is 11.7. The Balaban J connectivity index is 2.42. The lowest BCUT2D eigenvalue weighted by atomic mass is 9.92. The van der Waals surface area contributed by atoms with Crippen LogP contribution in [0.25, 0.3) is 0 Å². The minimum atomic E-state index is -0.919. The van der Waals surface area contributed by atoms with Gasteiger partial charge in [-0.15, -0.1) is 0 Å². The first-order valence-corrected chi connectivity index (χ1v) is 5.63. The molecule has 0 aromatic heterocycles. The van der Waals surface area contributed by atoms with Gasteiger partial charge in [-0.05, 0) is 25.1 Å². The molecule has 1 aliphatic rings. The fourth-order valence-electron chi connectivity index (χ4n) is 1.77. The van der Waals surface area contributed by atoms with E-state index in [-0.39, 0.29) is 19.0 Å². The second kappa shape index (κ2) is 4.75. The number of Topliss-reactive ketones (excluding diaryl/α,β-unsaturated/α-hetero) is 1. The maximum absolute atomic E-state index is 11.7. The number of ketones is 1. The number of fused-ring (bicyclic) bond motifs is 1. The number of hydrogen-bond donors (Lipinski definition) is 0. The zero-order valence-corrected chi connectivity index (χ0v) is 9.99. The number of rotatable bonds is 2. The number of carbonyl (C=O) groups is 2. The summed E-state index contributed by atoms with van der Waals surface area (Å²) < 4.78 is 10.1. The van der Waals surface area contributed by atoms with Crippen LogP contribution in [0.4, 0.5) is 0 Å². The fraction of sp³-hybridized carbons (Fsp3) is 0.333. The molecular formula is C12H11ClO4. The molecule has 0 saturated carbocycles. The molecule has 0 aliphatic carbocycles. The fourth-order valence-corrected chi connectivity index (χ4v) is 1.95. The molecule has 90 valence electrons. The van der Waals surface area contributed by atoms with Crippen molar-refractivity contribution >= 4 is 23.4 Å². The van der Waals surface area contributed by atoms with Crippen molar-refractivity contribution in [2.45, 2.75) is 12.8 Å². The van der Waals surface area contributed by atoms with Gasteiger partial charge in [0, 0.05) is 10.6 Å². The van der Waals surface area contributed by atoms with E-state index in [1.807, 2.05) is 0 Å². The molecule has 1 aliphatic heterocycles. The van der Waals surface area contributed by atoms with Gasteiger partial charge < -0.3 is 9.47 Å². The van der Waals surface area contributed by atoms with Crippen LogP contribution < -0.4 is 4.74 Å². The van der Waals surface area contributed by atoms with Gasteiger partial charge in [-0.3, -0.25) is 9.59 Å². The molecule has 0 amide bonds. The first kappa shape index (κ1) is 11.9. The van der Waals surface area contributed by atoms with Crippen LogP contribution in [-0.2, 0) is 14.3 Å². The second-order valence-corrected chi connectivity index (χ2v) is 4.06. The summed E-state index contributed by atoms with van der Waals surface area (Å²) in [6, 6.07) is 4.87. The lowest BCUT2D eigenvalue weighted by molar-refractivity contribution is -0.149. The maximum Gasteiger partial charge on any atom is 0.321 e. The zero-order valence-electron chi connectivity index (χ0n) is 9.23. The van der Waals surface area contributed by atoms with Crippen LogP contribution in [-0.4, -0.2) is 25.0 Å². The Kier molecular flexibility index (Phi) is 3.33. The number of carbonyl (C=O) groups excluding carboxylic acids is 2. The van der Waals surface area contributed by atoms with Gasteiger partial charge in [-0.1, -0.05) is 11.6 Å². The third-order valence-corrected chi connectivity index (χ3v) is 2.73. The van der Waals surface area contributed by atoms with Gasteiger partial charge in [0.2, 0.25) is 0 Å². The molecule has 1 aromatic carbocycles. The van der Waals surface area contributed by atoms with Gasteiger partial charge in [-0.2, -0.15) is 0 Å². The molecule has 1 atom stereocenters. The molecule has 1 unspecified atom stereocenters. The summed E-state index contributed by atoms with van der Waals surface area (Å²) in [6.45, 7) is 1.82. The van der Waals surface area contributed by atoms with Crippen LogP contribution in [0.5, 0.6) is 5.75 Å². The molecule has 4 nitrogen and oxygen atoms in total. The van der Waals surface area contributed by atoms with Crippen molar-refractivity contribution < 1.29 is 19.1 Å². The number of hydrogen-bond acceptors (Lipinski definition) is 4. The largest absolute Gasteiger partial charge is 0.485 e. The SMILES string of the molecule is CCOC(=O)C1C(=O)COc2ccc(Cl)cc21. The first-order chi connectivity index (χ1) is 8.13. The highest BCUT2D eigenvalue weighted by Crippen LogP contribution is 2.34. The summed E-state index contributed by atoms with van der Waals surface area (Å²) in [7, 11) is 0. The number of benzene rings is 1. The molecule has 2 rings (SSSR count). The van der Waals surface area contributed by atoms with Crippen molar-refractivity contribution in [3.63, 3.8) is 0 Å². The van der Waals surface area contributed by atoms with E-state index in [1.165, 1.54) is 0 Å². The van der Waals surface area contributed by atoms with Crippen LogP contribution >= 0.6 is 11.6 Å². The van der Waals surface area contributed by atoms with Crippen molar-refractivity contribution in [3.8, 4) is 5.75 Å². The lowest BCUT2D eigenvalue weighted by Crippen LogP contribution is -2.32. The molecule has 0 saturated heterocycles. The predicted molar refractivity (Wildman–Crippen MR) is 61.3 cm³/mol. The van der Waals surface area contributed by atoms with Crippen molar-refractivity contribution in [2.75, 3.05) is 13.2 Å². The first-order valence-electron chi connectivity index (χ1n) is 5.25. The van der Waals surface area contributed by atoms with E-state index in [9.17, 15) is 9.59 Å². The Labute approximate surface area is 103 Å². The van der Waals surface area contributed by atoms with Crippen molar-refractivity contribution in [1.29, 1.82) is 0 Å². The molecule has 1 heterocycles.